The SMILES string of the molecule is O=C(c1cc2cc(Br)ccc2o1)N1C[C@H]2C[C@H](C1)c1cccc(=O)n1C2. The number of fused-ring (bicyclic) bond motifs is 5. The van der Waals surface area contributed by atoms with Crippen LogP contribution in [0.2, 0.25) is 0 Å². The lowest BCUT2D eigenvalue weighted by molar-refractivity contribution is 0.0566. The number of piperidine rings is 1. The standard InChI is InChI=1S/C20H17BrN2O3/c21-15-4-5-17-13(7-15)8-18(26-17)20(25)22-9-12-6-14(11-22)16-2-1-3-19(24)23(16)10-12/h1-5,7-8,12,14H,6,9-11H2/t12-,14-/m1/s1. The molecular formula is C20H17BrN2O3. The third-order valence-electron chi connectivity index (χ3n) is 5.46. The fourth-order valence-corrected chi connectivity index (χ4v) is 4.72. The second kappa shape index (κ2) is 5.84. The maximum absolute atomic E-state index is 13.0. The zero-order valence-corrected chi connectivity index (χ0v) is 15.6. The number of nitrogens with zero attached hydrogens (tertiary/aromatic N) is 2. The van der Waals surface area contributed by atoms with Gasteiger partial charge in [0, 0.05) is 47.2 Å². The van der Waals surface area contributed by atoms with Gasteiger partial charge in [-0.25, -0.2) is 0 Å². The smallest absolute Gasteiger partial charge is 0.289 e. The summed E-state index contributed by atoms with van der Waals surface area (Å²) in [5, 5.41) is 0.914. The lowest BCUT2D eigenvalue weighted by Crippen LogP contribution is -2.49. The highest BCUT2D eigenvalue weighted by molar-refractivity contribution is 9.10. The molecule has 2 aliphatic rings. The van der Waals surface area contributed by atoms with Crippen molar-refractivity contribution < 1.29 is 9.21 Å². The van der Waals surface area contributed by atoms with Gasteiger partial charge in [0.2, 0.25) is 0 Å². The lowest BCUT2D eigenvalue weighted by Gasteiger charge is -2.42. The molecule has 132 valence electrons. The summed E-state index contributed by atoms with van der Waals surface area (Å²) in [6.45, 7) is 1.97. The minimum atomic E-state index is -0.0706. The number of furan rings is 1. The molecule has 2 aliphatic heterocycles. The first-order chi connectivity index (χ1) is 12.6. The Morgan fingerprint density at radius 3 is 2.88 bits per heavy atom. The third-order valence-corrected chi connectivity index (χ3v) is 5.95. The fourth-order valence-electron chi connectivity index (χ4n) is 4.34. The highest BCUT2D eigenvalue weighted by atomic mass is 79.9. The van der Waals surface area contributed by atoms with Gasteiger partial charge in [-0.1, -0.05) is 22.0 Å². The molecule has 0 radical (unpaired) electrons. The van der Waals surface area contributed by atoms with Crippen molar-refractivity contribution in [3.8, 4) is 0 Å². The Kier molecular flexibility index (Phi) is 3.57. The molecule has 6 heteroatoms. The first-order valence-corrected chi connectivity index (χ1v) is 9.56. The van der Waals surface area contributed by atoms with E-state index in [1.165, 1.54) is 0 Å². The van der Waals surface area contributed by atoms with E-state index in [4.69, 9.17) is 4.42 Å². The van der Waals surface area contributed by atoms with Gasteiger partial charge >= 0.3 is 0 Å². The van der Waals surface area contributed by atoms with E-state index in [0.29, 0.717) is 36.9 Å². The van der Waals surface area contributed by atoms with E-state index in [9.17, 15) is 9.59 Å². The zero-order chi connectivity index (χ0) is 17.8. The van der Waals surface area contributed by atoms with Crippen molar-refractivity contribution in [3.63, 3.8) is 0 Å². The summed E-state index contributed by atoms with van der Waals surface area (Å²) in [4.78, 5) is 27.0. The summed E-state index contributed by atoms with van der Waals surface area (Å²) < 4.78 is 8.61. The van der Waals surface area contributed by atoms with Crippen molar-refractivity contribution in [2.24, 2.45) is 5.92 Å². The molecule has 1 aromatic carbocycles. The first-order valence-electron chi connectivity index (χ1n) is 8.76. The van der Waals surface area contributed by atoms with E-state index < -0.39 is 0 Å². The number of rotatable bonds is 1. The molecule has 0 N–H and O–H groups in total. The number of amides is 1. The molecule has 4 heterocycles. The summed E-state index contributed by atoms with van der Waals surface area (Å²) in [5.41, 5.74) is 1.81. The van der Waals surface area contributed by atoms with Crippen LogP contribution in [0.25, 0.3) is 11.0 Å². The highest BCUT2D eigenvalue weighted by Crippen LogP contribution is 2.36. The lowest BCUT2D eigenvalue weighted by atomic mass is 9.83. The van der Waals surface area contributed by atoms with Crippen LogP contribution in [0.15, 0.2) is 56.1 Å². The van der Waals surface area contributed by atoms with Crippen LogP contribution in [0.1, 0.15) is 28.6 Å². The molecule has 3 aromatic rings. The number of halogens is 1. The Morgan fingerprint density at radius 1 is 1.12 bits per heavy atom. The number of carbonyl (C=O) groups excluding carboxylic acids is 1. The molecule has 2 atom stereocenters. The molecule has 0 unspecified atom stereocenters. The van der Waals surface area contributed by atoms with E-state index >= 15 is 0 Å². The van der Waals surface area contributed by atoms with Crippen molar-refractivity contribution in [2.75, 3.05) is 13.1 Å². The molecule has 5 rings (SSSR count). The molecule has 0 aliphatic carbocycles. The van der Waals surface area contributed by atoms with Gasteiger partial charge in [-0.15, -0.1) is 0 Å². The zero-order valence-electron chi connectivity index (χ0n) is 14.0. The van der Waals surface area contributed by atoms with Crippen LogP contribution in [0.4, 0.5) is 0 Å². The summed E-state index contributed by atoms with van der Waals surface area (Å²) in [5.74, 6) is 0.824. The quantitative estimate of drug-likeness (QED) is 0.613. The largest absolute Gasteiger partial charge is 0.451 e. The van der Waals surface area contributed by atoms with Crippen LogP contribution < -0.4 is 5.56 Å². The van der Waals surface area contributed by atoms with Gasteiger partial charge in [-0.2, -0.15) is 0 Å². The van der Waals surface area contributed by atoms with Gasteiger partial charge in [0.05, 0.1) is 0 Å². The van der Waals surface area contributed by atoms with Crippen LogP contribution in [0.3, 0.4) is 0 Å². The van der Waals surface area contributed by atoms with Gasteiger partial charge in [-0.3, -0.25) is 9.59 Å². The maximum Gasteiger partial charge on any atom is 0.289 e. The van der Waals surface area contributed by atoms with E-state index in [2.05, 4.69) is 15.9 Å². The van der Waals surface area contributed by atoms with Crippen molar-refractivity contribution >= 4 is 32.8 Å². The average molecular weight is 413 g/mol. The van der Waals surface area contributed by atoms with Crippen LogP contribution in [0, 0.1) is 5.92 Å². The second-order valence-electron chi connectivity index (χ2n) is 7.20. The predicted octanol–water partition coefficient (Wildman–Crippen LogP) is 3.62. The number of carbonyl (C=O) groups is 1. The Balaban J connectivity index is 1.46. The maximum atomic E-state index is 13.0. The molecule has 0 spiro atoms. The number of pyridine rings is 1. The molecule has 5 nitrogen and oxygen atoms in total. The van der Waals surface area contributed by atoms with E-state index in [-0.39, 0.29) is 17.4 Å². The minimum absolute atomic E-state index is 0.0554. The Bertz CT molecular complexity index is 1080. The summed E-state index contributed by atoms with van der Waals surface area (Å²) >= 11 is 3.44. The van der Waals surface area contributed by atoms with Crippen molar-refractivity contribution in [1.29, 1.82) is 0 Å². The first kappa shape index (κ1) is 15.9. The van der Waals surface area contributed by atoms with E-state index in [0.717, 1.165) is 22.0 Å². The molecule has 1 saturated heterocycles. The van der Waals surface area contributed by atoms with Crippen LogP contribution >= 0.6 is 15.9 Å². The van der Waals surface area contributed by atoms with Crippen molar-refractivity contribution in [3.05, 3.63) is 68.7 Å². The average Bonchev–Trinajstić information content (AvgIpc) is 3.05. The van der Waals surface area contributed by atoms with Gasteiger partial charge in [0.15, 0.2) is 5.76 Å². The Hall–Kier alpha value is -2.34. The van der Waals surface area contributed by atoms with Crippen LogP contribution in [0.5, 0.6) is 0 Å². The molecule has 1 fully saturated rings. The molecule has 26 heavy (non-hydrogen) atoms. The third kappa shape index (κ3) is 2.51. The van der Waals surface area contributed by atoms with Gasteiger partial charge in [0.25, 0.3) is 11.5 Å². The van der Waals surface area contributed by atoms with Crippen LogP contribution in [-0.2, 0) is 6.54 Å². The summed E-state index contributed by atoms with van der Waals surface area (Å²) in [6.07, 6.45) is 1.03. The van der Waals surface area contributed by atoms with Gasteiger partial charge < -0.3 is 13.9 Å². The number of hydrogen-bond acceptors (Lipinski definition) is 3. The summed E-state index contributed by atoms with van der Waals surface area (Å²) in [7, 11) is 0. The molecule has 1 amide bonds. The molecular weight excluding hydrogens is 396 g/mol. The monoisotopic (exact) mass is 412 g/mol. The molecule has 2 bridgehead atoms. The van der Waals surface area contributed by atoms with E-state index in [1.54, 1.807) is 6.07 Å². The number of likely N-dealkylation sites (tertiary alicyclic amines) is 1. The fraction of sp³-hybridized carbons (Fsp3) is 0.300. The normalized spacial score (nSPS) is 21.7. The topological polar surface area (TPSA) is 55.5 Å². The van der Waals surface area contributed by atoms with Crippen molar-refractivity contribution in [1.82, 2.24) is 9.47 Å². The number of hydrogen-bond donors (Lipinski definition) is 0. The number of aromatic nitrogens is 1. The molecule has 0 saturated carbocycles. The minimum Gasteiger partial charge on any atom is -0.451 e. The second-order valence-corrected chi connectivity index (χ2v) is 8.12. The van der Waals surface area contributed by atoms with Crippen LogP contribution in [-0.4, -0.2) is 28.5 Å². The van der Waals surface area contributed by atoms with E-state index in [1.807, 2.05) is 45.9 Å². The predicted molar refractivity (Wildman–Crippen MR) is 101 cm³/mol. The highest BCUT2D eigenvalue weighted by Gasteiger charge is 2.37. The Labute approximate surface area is 158 Å². The summed E-state index contributed by atoms with van der Waals surface area (Å²) in [6, 6.07) is 13.0. The molecule has 2 aromatic heterocycles. The van der Waals surface area contributed by atoms with Crippen molar-refractivity contribution in [2.45, 2.75) is 18.9 Å². The van der Waals surface area contributed by atoms with Gasteiger partial charge in [0.1, 0.15) is 5.58 Å². The van der Waals surface area contributed by atoms with Gasteiger partial charge in [-0.05, 0) is 42.7 Å². The number of benzene rings is 1. The Morgan fingerprint density at radius 2 is 2.00 bits per heavy atom.